The molecule has 3 rings (SSSR count). The fourth-order valence-corrected chi connectivity index (χ4v) is 3.59. The van der Waals surface area contributed by atoms with Crippen molar-refractivity contribution in [2.45, 2.75) is 25.8 Å². The number of aromatic amines is 1. The van der Waals surface area contributed by atoms with Crippen LogP contribution in [0.4, 0.5) is 0 Å². The number of fused-ring (bicyclic) bond motifs is 1. The molecule has 0 saturated carbocycles. The highest BCUT2D eigenvalue weighted by molar-refractivity contribution is 7.09. The number of carbonyl (C=O) groups excluding carboxylic acids is 1. The largest absolute Gasteiger partial charge is 0.480 e. The molecule has 5 nitrogen and oxygen atoms in total. The number of benzene rings is 1. The van der Waals surface area contributed by atoms with E-state index in [1.807, 2.05) is 35.7 Å². The molecule has 0 fully saturated rings. The van der Waals surface area contributed by atoms with Gasteiger partial charge in [0, 0.05) is 41.2 Å². The summed E-state index contributed by atoms with van der Waals surface area (Å²) in [5.41, 5.74) is 2.92. The van der Waals surface area contributed by atoms with E-state index in [2.05, 4.69) is 16.4 Å². The number of para-hydroxylation sites is 1. The molecule has 3 N–H and O–H groups in total. The second kappa shape index (κ2) is 6.88. The number of carboxylic acid groups (broad SMARTS) is 1. The number of rotatable bonds is 6. The summed E-state index contributed by atoms with van der Waals surface area (Å²) < 4.78 is 0. The second-order valence-electron chi connectivity index (χ2n) is 5.68. The molecule has 3 aromatic rings. The van der Waals surface area contributed by atoms with E-state index in [0.29, 0.717) is 6.42 Å². The van der Waals surface area contributed by atoms with Crippen molar-refractivity contribution >= 4 is 34.1 Å². The monoisotopic (exact) mass is 342 g/mol. The topological polar surface area (TPSA) is 82.2 Å². The Kier molecular flexibility index (Phi) is 4.66. The third kappa shape index (κ3) is 3.49. The molecular weight excluding hydrogens is 324 g/mol. The summed E-state index contributed by atoms with van der Waals surface area (Å²) in [4.78, 5) is 27.4. The van der Waals surface area contributed by atoms with E-state index in [0.717, 1.165) is 22.2 Å². The maximum Gasteiger partial charge on any atom is 0.326 e. The summed E-state index contributed by atoms with van der Waals surface area (Å²) in [5, 5.41) is 15.0. The van der Waals surface area contributed by atoms with Gasteiger partial charge in [-0.15, -0.1) is 11.3 Å². The Morgan fingerprint density at radius 1 is 1.25 bits per heavy atom. The van der Waals surface area contributed by atoms with Crippen molar-refractivity contribution < 1.29 is 14.7 Å². The minimum atomic E-state index is -1.03. The van der Waals surface area contributed by atoms with Crippen molar-refractivity contribution in [3.63, 3.8) is 0 Å². The van der Waals surface area contributed by atoms with Gasteiger partial charge in [-0.3, -0.25) is 4.79 Å². The molecule has 6 heteroatoms. The first-order valence-electron chi connectivity index (χ1n) is 7.65. The lowest BCUT2D eigenvalue weighted by molar-refractivity contribution is -0.141. The van der Waals surface area contributed by atoms with E-state index in [-0.39, 0.29) is 12.3 Å². The van der Waals surface area contributed by atoms with Crippen LogP contribution < -0.4 is 5.32 Å². The molecule has 124 valence electrons. The van der Waals surface area contributed by atoms with E-state index in [4.69, 9.17) is 0 Å². The highest BCUT2D eigenvalue weighted by Gasteiger charge is 2.23. The van der Waals surface area contributed by atoms with Gasteiger partial charge >= 0.3 is 5.97 Å². The molecule has 0 radical (unpaired) electrons. The molecule has 0 aliphatic heterocycles. The fourth-order valence-electron chi connectivity index (χ4n) is 2.88. The summed E-state index contributed by atoms with van der Waals surface area (Å²) >= 11 is 1.67. The average Bonchev–Trinajstić information content (AvgIpc) is 3.15. The molecule has 2 heterocycles. The molecule has 24 heavy (non-hydrogen) atoms. The molecule has 1 unspecified atom stereocenters. The van der Waals surface area contributed by atoms with Crippen molar-refractivity contribution in [2.24, 2.45) is 0 Å². The van der Waals surface area contributed by atoms with E-state index in [1.165, 1.54) is 11.8 Å². The zero-order valence-corrected chi connectivity index (χ0v) is 14.0. The first kappa shape index (κ1) is 16.3. The zero-order chi connectivity index (χ0) is 17.1. The Bertz CT molecular complexity index is 868. The number of hydrogen-bond acceptors (Lipinski definition) is 3. The Balaban J connectivity index is 2.00. The van der Waals surface area contributed by atoms with Crippen LogP contribution in [0.5, 0.6) is 0 Å². The van der Waals surface area contributed by atoms with Gasteiger partial charge in [0.1, 0.15) is 6.04 Å². The highest BCUT2D eigenvalue weighted by Crippen LogP contribution is 2.27. The maximum atomic E-state index is 11.5. The number of amides is 1. The summed E-state index contributed by atoms with van der Waals surface area (Å²) in [6.07, 6.45) is 0.966. The van der Waals surface area contributed by atoms with E-state index in [9.17, 15) is 14.7 Å². The molecular formula is C18H18N2O3S. The third-order valence-corrected chi connectivity index (χ3v) is 4.79. The summed E-state index contributed by atoms with van der Waals surface area (Å²) in [5.74, 6) is -1.38. The smallest absolute Gasteiger partial charge is 0.326 e. The predicted molar refractivity (Wildman–Crippen MR) is 94.4 cm³/mol. The SMILES string of the molecule is CC(=O)NC(Cc1c(Cc2cccs2)[nH]c2ccccc12)C(=O)O. The van der Waals surface area contributed by atoms with Gasteiger partial charge in [0.15, 0.2) is 0 Å². The first-order valence-corrected chi connectivity index (χ1v) is 8.53. The molecule has 0 spiro atoms. The molecule has 0 bridgehead atoms. The van der Waals surface area contributed by atoms with Crippen molar-refractivity contribution in [1.29, 1.82) is 0 Å². The van der Waals surface area contributed by atoms with Gasteiger partial charge in [-0.2, -0.15) is 0 Å². The minimum Gasteiger partial charge on any atom is -0.480 e. The second-order valence-corrected chi connectivity index (χ2v) is 6.71. The van der Waals surface area contributed by atoms with Gasteiger partial charge in [-0.05, 0) is 23.1 Å². The van der Waals surface area contributed by atoms with E-state index in [1.54, 1.807) is 11.3 Å². The third-order valence-electron chi connectivity index (χ3n) is 3.92. The van der Waals surface area contributed by atoms with Gasteiger partial charge in [-0.1, -0.05) is 24.3 Å². The summed E-state index contributed by atoms with van der Waals surface area (Å²) in [6, 6.07) is 10.9. The van der Waals surface area contributed by atoms with Crippen LogP contribution in [0.25, 0.3) is 10.9 Å². The number of nitrogens with one attached hydrogen (secondary N) is 2. The number of aromatic nitrogens is 1. The molecule has 1 atom stereocenters. The summed E-state index contributed by atoms with van der Waals surface area (Å²) in [7, 11) is 0. The van der Waals surface area contributed by atoms with Crippen LogP contribution in [0.3, 0.4) is 0 Å². The van der Waals surface area contributed by atoms with Crippen LogP contribution in [0, 0.1) is 0 Å². The molecule has 0 aliphatic rings. The zero-order valence-electron chi connectivity index (χ0n) is 13.2. The van der Waals surface area contributed by atoms with Gasteiger partial charge in [0.05, 0.1) is 0 Å². The molecule has 0 aliphatic carbocycles. The Labute approximate surface area is 143 Å². The molecule has 1 amide bonds. The highest BCUT2D eigenvalue weighted by atomic mass is 32.1. The Hall–Kier alpha value is -2.60. The van der Waals surface area contributed by atoms with Crippen LogP contribution >= 0.6 is 11.3 Å². The van der Waals surface area contributed by atoms with Crippen LogP contribution in [-0.2, 0) is 22.4 Å². The normalized spacial score (nSPS) is 12.2. The lowest BCUT2D eigenvalue weighted by Gasteiger charge is -2.14. The number of carboxylic acids is 1. The number of thiophene rings is 1. The number of carbonyl (C=O) groups is 2. The molecule has 0 saturated heterocycles. The molecule has 2 aromatic heterocycles. The number of hydrogen-bond donors (Lipinski definition) is 3. The van der Waals surface area contributed by atoms with Crippen LogP contribution in [0.2, 0.25) is 0 Å². The predicted octanol–water partition coefficient (Wildman–Crippen LogP) is 2.95. The Morgan fingerprint density at radius 3 is 2.71 bits per heavy atom. The standard InChI is InChI=1S/C18H18N2O3S/c1-11(21)19-17(18(22)23)10-14-13-6-2-3-7-15(13)20-16(14)9-12-5-4-8-24-12/h2-8,17,20H,9-10H2,1H3,(H,19,21)(H,22,23). The van der Waals surface area contributed by atoms with Gasteiger partial charge in [0.25, 0.3) is 0 Å². The number of aliphatic carboxylic acids is 1. The van der Waals surface area contributed by atoms with E-state index >= 15 is 0 Å². The van der Waals surface area contributed by atoms with Crippen LogP contribution in [0.1, 0.15) is 23.1 Å². The lowest BCUT2D eigenvalue weighted by Crippen LogP contribution is -2.41. The quantitative estimate of drug-likeness (QED) is 0.644. The summed E-state index contributed by atoms with van der Waals surface area (Å²) in [6.45, 7) is 1.33. The first-order chi connectivity index (χ1) is 11.5. The molecule has 1 aromatic carbocycles. The fraction of sp³-hybridized carbons (Fsp3) is 0.222. The van der Waals surface area contributed by atoms with Gasteiger partial charge in [0.2, 0.25) is 5.91 Å². The van der Waals surface area contributed by atoms with Crippen molar-refractivity contribution in [1.82, 2.24) is 10.3 Å². The number of H-pyrrole nitrogens is 1. The minimum absolute atomic E-state index is 0.250. The van der Waals surface area contributed by atoms with Gasteiger partial charge in [-0.25, -0.2) is 4.79 Å². The average molecular weight is 342 g/mol. The van der Waals surface area contributed by atoms with Crippen molar-refractivity contribution in [3.8, 4) is 0 Å². The van der Waals surface area contributed by atoms with E-state index < -0.39 is 12.0 Å². The lowest BCUT2D eigenvalue weighted by atomic mass is 10.0. The Morgan fingerprint density at radius 2 is 2.04 bits per heavy atom. The maximum absolute atomic E-state index is 11.5. The van der Waals surface area contributed by atoms with Crippen LogP contribution in [0.15, 0.2) is 41.8 Å². The van der Waals surface area contributed by atoms with Crippen molar-refractivity contribution in [3.05, 3.63) is 57.9 Å². The van der Waals surface area contributed by atoms with Gasteiger partial charge < -0.3 is 15.4 Å². The van der Waals surface area contributed by atoms with Crippen LogP contribution in [-0.4, -0.2) is 28.0 Å². The van der Waals surface area contributed by atoms with Crippen molar-refractivity contribution in [2.75, 3.05) is 0 Å².